The van der Waals surface area contributed by atoms with Crippen LogP contribution in [0, 0.1) is 0 Å². The molecule has 2 heterocycles. The summed E-state index contributed by atoms with van der Waals surface area (Å²) >= 11 is 18.1. The lowest BCUT2D eigenvalue weighted by Crippen LogP contribution is -2.45. The summed E-state index contributed by atoms with van der Waals surface area (Å²) in [5, 5.41) is 5.57. The van der Waals surface area contributed by atoms with E-state index in [-0.39, 0.29) is 44.4 Å². The van der Waals surface area contributed by atoms with Crippen LogP contribution in [-0.2, 0) is 9.59 Å². The molecule has 0 aliphatic carbocycles. The molecule has 1 unspecified atom stereocenters. The number of hydrogen-bond acceptors (Lipinski definition) is 5. The van der Waals surface area contributed by atoms with Crippen molar-refractivity contribution in [2.24, 2.45) is 0 Å². The minimum absolute atomic E-state index is 0.0741. The van der Waals surface area contributed by atoms with Gasteiger partial charge in [-0.2, -0.15) is 0 Å². The molecular weight excluding hydrogens is 457 g/mol. The third-order valence-corrected chi connectivity index (χ3v) is 5.72. The number of rotatable bonds is 3. The number of nitrogens with one attached hydrogen (secondary N) is 2. The molecule has 0 saturated carbocycles. The molecule has 0 saturated heterocycles. The number of anilines is 2. The minimum atomic E-state index is -1.15. The van der Waals surface area contributed by atoms with Gasteiger partial charge in [0.2, 0.25) is 5.91 Å². The summed E-state index contributed by atoms with van der Waals surface area (Å²) in [6.45, 7) is 1.24. The Bertz CT molecular complexity index is 1110. The molecule has 0 aromatic heterocycles. The first kappa shape index (κ1) is 20.5. The van der Waals surface area contributed by atoms with Crippen molar-refractivity contribution in [1.82, 2.24) is 4.90 Å². The van der Waals surface area contributed by atoms with E-state index in [9.17, 15) is 19.2 Å². The molecule has 2 aliphatic rings. The van der Waals surface area contributed by atoms with Crippen molar-refractivity contribution in [1.29, 1.82) is 0 Å². The molecule has 2 aromatic rings. The van der Waals surface area contributed by atoms with Gasteiger partial charge in [-0.05, 0) is 25.1 Å². The molecule has 30 heavy (non-hydrogen) atoms. The van der Waals surface area contributed by atoms with Crippen molar-refractivity contribution >= 4 is 69.8 Å². The van der Waals surface area contributed by atoms with E-state index in [0.29, 0.717) is 11.4 Å². The molecule has 154 valence electrons. The minimum Gasteiger partial charge on any atom is -0.482 e. The van der Waals surface area contributed by atoms with Crippen LogP contribution in [0.3, 0.4) is 0 Å². The summed E-state index contributed by atoms with van der Waals surface area (Å²) in [5.74, 6) is -1.96. The Morgan fingerprint density at radius 2 is 1.63 bits per heavy atom. The average Bonchev–Trinajstić information content (AvgIpc) is 2.92. The lowest BCUT2D eigenvalue weighted by atomic mass is 10.1. The molecule has 2 aromatic carbocycles. The van der Waals surface area contributed by atoms with Gasteiger partial charge in [0.25, 0.3) is 17.7 Å². The number of fused-ring (bicyclic) bond motifs is 2. The van der Waals surface area contributed by atoms with Gasteiger partial charge in [0, 0.05) is 6.07 Å². The smallest absolute Gasteiger partial charge is 0.262 e. The first-order valence-corrected chi connectivity index (χ1v) is 9.74. The van der Waals surface area contributed by atoms with Crippen molar-refractivity contribution in [2.75, 3.05) is 17.2 Å². The Morgan fingerprint density at radius 1 is 1.03 bits per heavy atom. The second-order valence-corrected chi connectivity index (χ2v) is 7.84. The van der Waals surface area contributed by atoms with Gasteiger partial charge in [-0.3, -0.25) is 24.1 Å². The van der Waals surface area contributed by atoms with Crippen LogP contribution in [0.2, 0.25) is 15.1 Å². The first-order chi connectivity index (χ1) is 14.2. The van der Waals surface area contributed by atoms with Crippen molar-refractivity contribution < 1.29 is 23.9 Å². The van der Waals surface area contributed by atoms with Crippen LogP contribution >= 0.6 is 34.8 Å². The lowest BCUT2D eigenvalue weighted by molar-refractivity contribution is -0.119. The van der Waals surface area contributed by atoms with Crippen molar-refractivity contribution in [3.63, 3.8) is 0 Å². The van der Waals surface area contributed by atoms with E-state index in [0.717, 1.165) is 4.90 Å². The number of amides is 4. The van der Waals surface area contributed by atoms with Gasteiger partial charge < -0.3 is 15.4 Å². The fourth-order valence-corrected chi connectivity index (χ4v) is 3.69. The van der Waals surface area contributed by atoms with Crippen LogP contribution in [0.1, 0.15) is 27.6 Å². The number of hydrogen-bond donors (Lipinski definition) is 2. The average molecular weight is 469 g/mol. The molecule has 2 aliphatic heterocycles. The summed E-state index contributed by atoms with van der Waals surface area (Å²) in [4.78, 5) is 50.4. The molecule has 0 fully saturated rings. The monoisotopic (exact) mass is 467 g/mol. The second kappa shape index (κ2) is 7.46. The fraction of sp³-hybridized carbons (Fsp3) is 0.158. The van der Waals surface area contributed by atoms with Gasteiger partial charge in [0.15, 0.2) is 6.61 Å². The number of imide groups is 1. The van der Waals surface area contributed by atoms with E-state index in [1.54, 1.807) is 0 Å². The van der Waals surface area contributed by atoms with Crippen molar-refractivity contribution in [3.8, 4) is 5.75 Å². The standard InChI is InChI=1S/C19H12Cl3N3O5/c1-7(25-18(28)8-2-10(20)11(21)3-9(8)19(25)29)17(27)24-13-5-15-14(4-12(13)22)23-16(26)6-30-15/h2-5,7H,6H2,1H3,(H,23,26)(H,24,27). The van der Waals surface area contributed by atoms with E-state index in [2.05, 4.69) is 10.6 Å². The van der Waals surface area contributed by atoms with E-state index in [1.807, 2.05) is 0 Å². The molecule has 0 radical (unpaired) electrons. The normalized spacial score (nSPS) is 15.9. The molecule has 4 amide bonds. The molecule has 1 atom stereocenters. The van der Waals surface area contributed by atoms with Gasteiger partial charge >= 0.3 is 0 Å². The highest BCUT2D eigenvalue weighted by Gasteiger charge is 2.41. The molecule has 4 rings (SSSR count). The Labute approximate surface area is 185 Å². The molecule has 8 nitrogen and oxygen atoms in total. The number of carbonyl (C=O) groups excluding carboxylic acids is 4. The van der Waals surface area contributed by atoms with Crippen LogP contribution < -0.4 is 15.4 Å². The fourth-order valence-electron chi connectivity index (χ4n) is 3.15. The maximum atomic E-state index is 12.8. The Balaban J connectivity index is 1.57. The summed E-state index contributed by atoms with van der Waals surface area (Å²) in [6, 6.07) is 4.33. The zero-order valence-corrected chi connectivity index (χ0v) is 17.5. The summed E-state index contributed by atoms with van der Waals surface area (Å²) in [6.07, 6.45) is 0. The van der Waals surface area contributed by atoms with Gasteiger partial charge in [0.1, 0.15) is 11.8 Å². The van der Waals surface area contributed by atoms with Gasteiger partial charge in [-0.15, -0.1) is 0 Å². The topological polar surface area (TPSA) is 105 Å². The van der Waals surface area contributed by atoms with E-state index in [4.69, 9.17) is 39.5 Å². The predicted octanol–water partition coefficient (Wildman–Crippen LogP) is 3.60. The van der Waals surface area contributed by atoms with E-state index < -0.39 is 23.8 Å². The van der Waals surface area contributed by atoms with Crippen LogP contribution in [0.4, 0.5) is 11.4 Å². The zero-order chi connectivity index (χ0) is 21.7. The third-order valence-electron chi connectivity index (χ3n) is 4.69. The van der Waals surface area contributed by atoms with Crippen LogP contribution in [0.25, 0.3) is 0 Å². The summed E-state index contributed by atoms with van der Waals surface area (Å²) in [5.41, 5.74) is 0.720. The van der Waals surface area contributed by atoms with Gasteiger partial charge in [-0.25, -0.2) is 0 Å². The summed E-state index contributed by atoms with van der Waals surface area (Å²) in [7, 11) is 0. The maximum Gasteiger partial charge on any atom is 0.262 e. The highest BCUT2D eigenvalue weighted by molar-refractivity contribution is 6.43. The van der Waals surface area contributed by atoms with E-state index in [1.165, 1.54) is 31.2 Å². The molecule has 0 bridgehead atoms. The van der Waals surface area contributed by atoms with Gasteiger partial charge in [0.05, 0.1) is 37.6 Å². The Kier molecular flexibility index (Phi) is 5.09. The van der Waals surface area contributed by atoms with Crippen LogP contribution in [0.5, 0.6) is 5.75 Å². The number of benzene rings is 2. The maximum absolute atomic E-state index is 12.8. The number of ether oxygens (including phenoxy) is 1. The van der Waals surface area contributed by atoms with Crippen molar-refractivity contribution in [2.45, 2.75) is 13.0 Å². The lowest BCUT2D eigenvalue weighted by Gasteiger charge is -2.23. The second-order valence-electron chi connectivity index (χ2n) is 6.62. The number of nitrogens with zero attached hydrogens (tertiary/aromatic N) is 1. The molecular formula is C19H12Cl3N3O5. The number of carbonyl (C=O) groups is 4. The highest BCUT2D eigenvalue weighted by atomic mass is 35.5. The largest absolute Gasteiger partial charge is 0.482 e. The quantitative estimate of drug-likeness (QED) is 0.670. The van der Waals surface area contributed by atoms with Crippen molar-refractivity contribution in [3.05, 3.63) is 50.5 Å². The SMILES string of the molecule is CC(C(=O)Nc1cc2c(cc1Cl)NC(=O)CO2)N1C(=O)c2cc(Cl)c(Cl)cc2C1=O. The highest BCUT2D eigenvalue weighted by Crippen LogP contribution is 2.37. The zero-order valence-electron chi connectivity index (χ0n) is 15.2. The molecule has 0 spiro atoms. The Morgan fingerprint density at radius 3 is 2.23 bits per heavy atom. The van der Waals surface area contributed by atoms with E-state index >= 15 is 0 Å². The summed E-state index contributed by atoms with van der Waals surface area (Å²) < 4.78 is 5.31. The molecule has 2 N–H and O–H groups in total. The van der Waals surface area contributed by atoms with Crippen LogP contribution in [0.15, 0.2) is 24.3 Å². The Hall–Kier alpha value is -2.81. The molecule has 11 heteroatoms. The van der Waals surface area contributed by atoms with Gasteiger partial charge in [-0.1, -0.05) is 34.8 Å². The first-order valence-electron chi connectivity index (χ1n) is 8.61. The predicted molar refractivity (Wildman–Crippen MR) is 111 cm³/mol. The third kappa shape index (κ3) is 3.36. The van der Waals surface area contributed by atoms with Crippen LogP contribution in [-0.4, -0.2) is 41.2 Å². The number of halogens is 3.